The zero-order valence-electron chi connectivity index (χ0n) is 5.52. The molecule has 0 aromatic carbocycles. The fourth-order valence-electron chi connectivity index (χ4n) is 0.338. The average Bonchev–Trinajstić information content (AvgIpc) is 1.60. The molecule has 0 aliphatic carbocycles. The van der Waals surface area contributed by atoms with E-state index in [1.165, 1.54) is 6.92 Å². The van der Waals surface area contributed by atoms with Crippen LogP contribution in [0.5, 0.6) is 0 Å². The van der Waals surface area contributed by atoms with Gasteiger partial charge in [-0.1, -0.05) is 0 Å². The van der Waals surface area contributed by atoms with Gasteiger partial charge in [0.05, 0.1) is 5.78 Å². The fourth-order valence-corrected chi connectivity index (χ4v) is 1.01. The van der Waals surface area contributed by atoms with Gasteiger partial charge in [0.1, 0.15) is 6.16 Å². The Balaban J connectivity index is 4.14. The lowest BCUT2D eigenvalue weighted by atomic mass is 10.8. The quantitative estimate of drug-likeness (QED) is 0.498. The molecular weight excluding hydrogens is 157 g/mol. The number of carboxylic acid groups (broad SMARTS) is 1. The highest BCUT2D eigenvalue weighted by Gasteiger charge is 2.26. The number of carboxylic acids is 1. The molecule has 0 saturated heterocycles. The molecule has 0 heterocycles. The Kier molecular flexibility index (Phi) is 3.02. The summed E-state index contributed by atoms with van der Waals surface area (Å²) in [6.07, 6.45) is -0.759. The summed E-state index contributed by atoms with van der Waals surface area (Å²) in [5, 5.41) is 8.11. The smallest absolute Gasteiger partial charge is 0.313 e. The predicted molar refractivity (Wildman–Crippen MR) is 36.0 cm³/mol. The second kappa shape index (κ2) is 3.14. The average molecular weight is 167 g/mol. The molecule has 0 aliphatic heterocycles. The van der Waals surface area contributed by atoms with Gasteiger partial charge in [-0.15, -0.1) is 0 Å². The molecule has 60 valence electrons. The van der Waals surface area contributed by atoms with Gasteiger partial charge in [0, 0.05) is 0 Å². The van der Waals surface area contributed by atoms with Crippen LogP contribution in [-0.2, 0) is 9.36 Å². The van der Waals surface area contributed by atoms with Crippen LogP contribution in [0.4, 0.5) is 0 Å². The lowest BCUT2D eigenvalue weighted by molar-refractivity contribution is -0.134. The Morgan fingerprint density at radius 3 is 2.30 bits per heavy atom. The van der Waals surface area contributed by atoms with E-state index in [-0.39, 0.29) is 0 Å². The molecule has 6 heteroatoms. The summed E-state index contributed by atoms with van der Waals surface area (Å²) in [7, 11) is -3.64. The van der Waals surface area contributed by atoms with Crippen LogP contribution >= 0.6 is 7.37 Å². The molecule has 0 bridgehead atoms. The molecular formula is C4H10NO4P. The van der Waals surface area contributed by atoms with Crippen molar-refractivity contribution in [2.75, 3.05) is 6.16 Å². The van der Waals surface area contributed by atoms with Crippen molar-refractivity contribution < 1.29 is 19.4 Å². The number of rotatable bonds is 3. The molecule has 0 saturated carbocycles. The highest BCUT2D eigenvalue weighted by molar-refractivity contribution is 7.59. The van der Waals surface area contributed by atoms with Crippen molar-refractivity contribution in [3.63, 3.8) is 0 Å². The van der Waals surface area contributed by atoms with Gasteiger partial charge < -0.3 is 15.7 Å². The maximum Gasteiger partial charge on any atom is 0.313 e. The van der Waals surface area contributed by atoms with Gasteiger partial charge >= 0.3 is 5.97 Å². The Bertz CT molecular complexity index is 178. The van der Waals surface area contributed by atoms with Gasteiger partial charge in [-0.2, -0.15) is 0 Å². The minimum atomic E-state index is -3.64. The molecule has 0 aromatic rings. The van der Waals surface area contributed by atoms with Crippen LogP contribution in [0.15, 0.2) is 0 Å². The van der Waals surface area contributed by atoms with Crippen molar-refractivity contribution in [2.24, 2.45) is 5.73 Å². The van der Waals surface area contributed by atoms with Crippen molar-refractivity contribution in [3.05, 3.63) is 0 Å². The highest BCUT2D eigenvalue weighted by atomic mass is 31.2. The molecule has 0 spiro atoms. The number of hydrogen-bond donors (Lipinski definition) is 3. The van der Waals surface area contributed by atoms with E-state index in [4.69, 9.17) is 15.7 Å². The third kappa shape index (κ3) is 2.96. The molecule has 4 N–H and O–H groups in total. The van der Waals surface area contributed by atoms with Crippen LogP contribution in [0, 0.1) is 0 Å². The number of carbonyl (C=O) groups is 1. The van der Waals surface area contributed by atoms with Crippen molar-refractivity contribution in [1.82, 2.24) is 0 Å². The third-order valence-electron chi connectivity index (χ3n) is 0.998. The van der Waals surface area contributed by atoms with Crippen molar-refractivity contribution in [2.45, 2.75) is 12.7 Å². The van der Waals surface area contributed by atoms with Gasteiger partial charge in [0.15, 0.2) is 0 Å². The molecule has 0 radical (unpaired) electrons. The maximum absolute atomic E-state index is 10.8. The molecule has 0 aromatic heterocycles. The van der Waals surface area contributed by atoms with Crippen molar-refractivity contribution >= 4 is 13.3 Å². The summed E-state index contributed by atoms with van der Waals surface area (Å²) < 4.78 is 10.8. The zero-order chi connectivity index (χ0) is 8.36. The largest absolute Gasteiger partial charge is 0.481 e. The molecule has 0 aliphatic rings. The molecule has 10 heavy (non-hydrogen) atoms. The van der Waals surface area contributed by atoms with Gasteiger partial charge in [-0.05, 0) is 6.92 Å². The van der Waals surface area contributed by atoms with Crippen LogP contribution in [0.1, 0.15) is 6.92 Å². The van der Waals surface area contributed by atoms with Crippen molar-refractivity contribution in [1.29, 1.82) is 0 Å². The fraction of sp³-hybridized carbons (Fsp3) is 0.750. The third-order valence-corrected chi connectivity index (χ3v) is 2.99. The summed E-state index contributed by atoms with van der Waals surface area (Å²) >= 11 is 0. The van der Waals surface area contributed by atoms with E-state index < -0.39 is 25.3 Å². The minimum Gasteiger partial charge on any atom is -0.481 e. The molecule has 2 unspecified atom stereocenters. The van der Waals surface area contributed by atoms with Gasteiger partial charge in [-0.25, -0.2) is 0 Å². The van der Waals surface area contributed by atoms with Crippen LogP contribution in [-0.4, -0.2) is 27.9 Å². The number of hydrogen-bond acceptors (Lipinski definition) is 3. The van der Waals surface area contributed by atoms with E-state index in [0.29, 0.717) is 0 Å². The SMILES string of the molecule is CC(N)P(=O)(O)CC(=O)O. The van der Waals surface area contributed by atoms with E-state index in [0.717, 1.165) is 0 Å². The summed E-state index contributed by atoms with van der Waals surface area (Å²) in [6, 6.07) is 0. The summed E-state index contributed by atoms with van der Waals surface area (Å²) in [6.45, 7) is 1.31. The topological polar surface area (TPSA) is 101 Å². The molecule has 0 rings (SSSR count). The second-order valence-electron chi connectivity index (χ2n) is 2.05. The van der Waals surface area contributed by atoms with Crippen LogP contribution in [0.25, 0.3) is 0 Å². The van der Waals surface area contributed by atoms with Crippen LogP contribution in [0.2, 0.25) is 0 Å². The molecule has 0 amide bonds. The highest BCUT2D eigenvalue weighted by Crippen LogP contribution is 2.42. The first-order valence-corrected chi connectivity index (χ1v) is 4.56. The van der Waals surface area contributed by atoms with Crippen molar-refractivity contribution in [3.8, 4) is 0 Å². The van der Waals surface area contributed by atoms with Crippen LogP contribution in [0.3, 0.4) is 0 Å². The standard InChI is InChI=1S/C4H10NO4P/c1-3(5)10(8,9)2-4(6)7/h3H,2,5H2,1H3,(H,6,7)(H,8,9). The Morgan fingerprint density at radius 2 is 2.20 bits per heavy atom. The van der Waals surface area contributed by atoms with E-state index in [2.05, 4.69) is 0 Å². The van der Waals surface area contributed by atoms with E-state index in [1.807, 2.05) is 0 Å². The first kappa shape index (κ1) is 9.62. The molecule has 2 atom stereocenters. The number of nitrogens with two attached hydrogens (primary N) is 1. The summed E-state index contributed by atoms with van der Waals surface area (Å²) in [5.41, 5.74) is 5.04. The monoisotopic (exact) mass is 167 g/mol. The lowest BCUT2D eigenvalue weighted by Crippen LogP contribution is -2.19. The zero-order valence-corrected chi connectivity index (χ0v) is 6.41. The second-order valence-corrected chi connectivity index (χ2v) is 4.69. The Morgan fingerprint density at radius 1 is 1.80 bits per heavy atom. The number of aliphatic carboxylic acids is 1. The predicted octanol–water partition coefficient (Wildman–Crippen LogP) is -0.354. The lowest BCUT2D eigenvalue weighted by Gasteiger charge is -2.11. The Hall–Kier alpha value is -0.380. The molecule has 5 nitrogen and oxygen atoms in total. The van der Waals surface area contributed by atoms with Gasteiger partial charge in [0.2, 0.25) is 7.37 Å². The van der Waals surface area contributed by atoms with Crippen LogP contribution < -0.4 is 5.73 Å². The summed E-state index contributed by atoms with van der Waals surface area (Å²) in [5.74, 6) is -2.27. The van der Waals surface area contributed by atoms with E-state index >= 15 is 0 Å². The van der Waals surface area contributed by atoms with E-state index in [9.17, 15) is 9.36 Å². The maximum atomic E-state index is 10.8. The first-order chi connectivity index (χ1) is 4.36. The van der Waals surface area contributed by atoms with Gasteiger partial charge in [-0.3, -0.25) is 9.36 Å². The van der Waals surface area contributed by atoms with Gasteiger partial charge in [0.25, 0.3) is 0 Å². The first-order valence-electron chi connectivity index (χ1n) is 2.65. The Labute approximate surface area is 58.3 Å². The van der Waals surface area contributed by atoms with E-state index in [1.54, 1.807) is 0 Å². The molecule has 0 fully saturated rings. The summed E-state index contributed by atoms with van der Waals surface area (Å²) in [4.78, 5) is 18.7. The minimum absolute atomic E-state index is 0.759. The normalized spacial score (nSPS) is 19.5.